The average Bonchev–Trinajstić information content (AvgIpc) is 3.07. The van der Waals surface area contributed by atoms with E-state index >= 15 is 0 Å². The van der Waals surface area contributed by atoms with Crippen molar-refractivity contribution < 1.29 is 0 Å². The summed E-state index contributed by atoms with van der Waals surface area (Å²) < 4.78 is 0. The van der Waals surface area contributed by atoms with Gasteiger partial charge in [-0.05, 0) is 81.7 Å². The Kier molecular flexibility index (Phi) is 7.57. The van der Waals surface area contributed by atoms with Crippen molar-refractivity contribution in [2.45, 2.75) is 124 Å². The first-order chi connectivity index (χ1) is 15.5. The van der Waals surface area contributed by atoms with Crippen LogP contribution in [0.2, 0.25) is 0 Å². The molecule has 0 bridgehead atoms. The van der Waals surface area contributed by atoms with E-state index in [1.807, 2.05) is 0 Å². The van der Waals surface area contributed by atoms with Gasteiger partial charge < -0.3 is 0 Å². The molecule has 0 saturated carbocycles. The van der Waals surface area contributed by atoms with Gasteiger partial charge in [0.05, 0.1) is 0 Å². The fourth-order valence-corrected chi connectivity index (χ4v) is 5.75. The Hall–Kier alpha value is -1.56. The lowest BCUT2D eigenvalue weighted by Gasteiger charge is -2.38. The fraction of sp³-hybridized carbons (Fsp3) is 0.636. The zero-order valence-electron chi connectivity index (χ0n) is 23.4. The molecule has 2 aromatic carbocycles. The van der Waals surface area contributed by atoms with Gasteiger partial charge in [0, 0.05) is 5.41 Å². The van der Waals surface area contributed by atoms with Crippen molar-refractivity contribution in [3.05, 3.63) is 58.7 Å². The SMILES string of the molecule is CCC(C)CC1(CC(C)CC)c2cc(C(C)(C)CC)ccc2-c2ccc(C(C)(C)CC)cc21. The maximum absolute atomic E-state index is 2.62. The van der Waals surface area contributed by atoms with Gasteiger partial charge in [0.1, 0.15) is 0 Å². The summed E-state index contributed by atoms with van der Waals surface area (Å²) in [6.07, 6.45) is 7.31. The molecule has 2 unspecified atom stereocenters. The number of rotatable bonds is 10. The van der Waals surface area contributed by atoms with Crippen molar-refractivity contribution in [1.82, 2.24) is 0 Å². The molecule has 182 valence electrons. The summed E-state index contributed by atoms with van der Waals surface area (Å²) in [5.74, 6) is 1.41. The minimum absolute atomic E-state index is 0.120. The molecule has 0 saturated heterocycles. The molecule has 0 N–H and O–H groups in total. The van der Waals surface area contributed by atoms with E-state index < -0.39 is 0 Å². The van der Waals surface area contributed by atoms with Crippen LogP contribution < -0.4 is 0 Å². The maximum Gasteiger partial charge on any atom is 0.0220 e. The van der Waals surface area contributed by atoms with Crippen LogP contribution in [0.1, 0.15) is 130 Å². The first-order valence-electron chi connectivity index (χ1n) is 13.8. The molecule has 2 atom stereocenters. The van der Waals surface area contributed by atoms with Gasteiger partial charge in [0.15, 0.2) is 0 Å². The van der Waals surface area contributed by atoms with Gasteiger partial charge in [-0.3, -0.25) is 0 Å². The smallest absolute Gasteiger partial charge is 0.0220 e. The third kappa shape index (κ3) is 4.69. The van der Waals surface area contributed by atoms with Gasteiger partial charge in [-0.15, -0.1) is 0 Å². The standard InChI is InChI=1S/C33H50/c1-11-23(5)21-33(22-24(6)12-2)29-19-25(31(7,8)13-3)15-17-27(29)28-18-16-26(20-30(28)33)32(9,10)14-4/h15-20,23-24H,11-14,21-22H2,1-10H3. The monoisotopic (exact) mass is 446 g/mol. The van der Waals surface area contributed by atoms with E-state index in [1.54, 1.807) is 11.1 Å². The van der Waals surface area contributed by atoms with E-state index in [4.69, 9.17) is 0 Å². The topological polar surface area (TPSA) is 0 Å². The van der Waals surface area contributed by atoms with E-state index in [-0.39, 0.29) is 16.2 Å². The van der Waals surface area contributed by atoms with Crippen molar-refractivity contribution in [3.63, 3.8) is 0 Å². The predicted octanol–water partition coefficient (Wildman–Crippen LogP) is 10.2. The number of hydrogen-bond acceptors (Lipinski definition) is 0. The fourth-order valence-electron chi connectivity index (χ4n) is 5.75. The normalized spacial score (nSPS) is 16.9. The second kappa shape index (κ2) is 9.59. The van der Waals surface area contributed by atoms with E-state index in [2.05, 4.69) is 106 Å². The number of benzene rings is 2. The summed E-state index contributed by atoms with van der Waals surface area (Å²) >= 11 is 0. The quantitative estimate of drug-likeness (QED) is 0.340. The molecule has 1 aliphatic rings. The molecule has 1 aliphatic carbocycles. The summed E-state index contributed by atoms with van der Waals surface area (Å²) in [6, 6.07) is 15.0. The highest BCUT2D eigenvalue weighted by atomic mass is 14.5. The highest BCUT2D eigenvalue weighted by molar-refractivity contribution is 5.82. The highest BCUT2D eigenvalue weighted by Gasteiger charge is 2.45. The van der Waals surface area contributed by atoms with Crippen molar-refractivity contribution in [2.24, 2.45) is 11.8 Å². The largest absolute Gasteiger partial charge is 0.0651 e. The molecule has 0 aliphatic heterocycles. The molecule has 2 aromatic rings. The Morgan fingerprint density at radius 1 is 0.636 bits per heavy atom. The zero-order chi connectivity index (χ0) is 24.6. The van der Waals surface area contributed by atoms with E-state index in [1.165, 1.54) is 47.9 Å². The Morgan fingerprint density at radius 2 is 1.00 bits per heavy atom. The van der Waals surface area contributed by atoms with Gasteiger partial charge in [-0.2, -0.15) is 0 Å². The zero-order valence-corrected chi connectivity index (χ0v) is 23.4. The first-order valence-corrected chi connectivity index (χ1v) is 13.8. The Bertz CT molecular complexity index is 878. The van der Waals surface area contributed by atoms with Crippen molar-refractivity contribution >= 4 is 0 Å². The summed E-state index contributed by atoms with van der Waals surface area (Å²) in [6.45, 7) is 23.9. The van der Waals surface area contributed by atoms with Crippen molar-refractivity contribution in [1.29, 1.82) is 0 Å². The molecule has 0 heteroatoms. The third-order valence-corrected chi connectivity index (χ3v) is 9.48. The Balaban J connectivity index is 2.35. The van der Waals surface area contributed by atoms with Crippen LogP contribution in [0.3, 0.4) is 0 Å². The molecule has 0 amide bonds. The van der Waals surface area contributed by atoms with Crippen LogP contribution in [0.25, 0.3) is 11.1 Å². The summed E-state index contributed by atoms with van der Waals surface area (Å²) in [5.41, 5.74) is 9.75. The molecule has 0 heterocycles. The molecule has 0 radical (unpaired) electrons. The molecule has 0 nitrogen and oxygen atoms in total. The highest BCUT2D eigenvalue weighted by Crippen LogP contribution is 2.56. The van der Waals surface area contributed by atoms with Crippen molar-refractivity contribution in [2.75, 3.05) is 0 Å². The van der Waals surface area contributed by atoms with Gasteiger partial charge in [0.25, 0.3) is 0 Å². The number of hydrogen-bond donors (Lipinski definition) is 0. The van der Waals surface area contributed by atoms with E-state index in [0.717, 1.165) is 12.8 Å². The molecule has 0 aromatic heterocycles. The van der Waals surface area contributed by atoms with Gasteiger partial charge in [-0.25, -0.2) is 0 Å². The molecule has 0 spiro atoms. The van der Waals surface area contributed by atoms with Crippen LogP contribution in [-0.2, 0) is 16.2 Å². The molecule has 3 rings (SSSR count). The lowest BCUT2D eigenvalue weighted by atomic mass is 9.65. The minimum Gasteiger partial charge on any atom is -0.0651 e. The van der Waals surface area contributed by atoms with Crippen LogP contribution in [0.4, 0.5) is 0 Å². The second-order valence-electron chi connectivity index (χ2n) is 12.5. The Morgan fingerprint density at radius 3 is 1.30 bits per heavy atom. The van der Waals surface area contributed by atoms with E-state index in [9.17, 15) is 0 Å². The third-order valence-electron chi connectivity index (χ3n) is 9.48. The van der Waals surface area contributed by atoms with Crippen LogP contribution in [0.5, 0.6) is 0 Å². The minimum atomic E-state index is 0.120. The van der Waals surface area contributed by atoms with Gasteiger partial charge in [0.2, 0.25) is 0 Å². The summed E-state index contributed by atoms with van der Waals surface area (Å²) in [5, 5.41) is 0. The second-order valence-corrected chi connectivity index (χ2v) is 12.5. The molecular weight excluding hydrogens is 396 g/mol. The van der Waals surface area contributed by atoms with Crippen LogP contribution in [0, 0.1) is 11.8 Å². The lowest BCUT2D eigenvalue weighted by Crippen LogP contribution is -2.31. The molecule has 0 fully saturated rings. The van der Waals surface area contributed by atoms with Crippen LogP contribution in [-0.4, -0.2) is 0 Å². The van der Waals surface area contributed by atoms with Gasteiger partial charge >= 0.3 is 0 Å². The average molecular weight is 447 g/mol. The summed E-state index contributed by atoms with van der Waals surface area (Å²) in [7, 11) is 0. The Labute approximate surface area is 205 Å². The predicted molar refractivity (Wildman–Crippen MR) is 147 cm³/mol. The summed E-state index contributed by atoms with van der Waals surface area (Å²) in [4.78, 5) is 0. The number of fused-ring (bicyclic) bond motifs is 3. The first kappa shape index (κ1) is 26.1. The van der Waals surface area contributed by atoms with Crippen LogP contribution in [0.15, 0.2) is 36.4 Å². The van der Waals surface area contributed by atoms with Gasteiger partial charge in [-0.1, -0.05) is 118 Å². The molecular formula is C33H50. The van der Waals surface area contributed by atoms with Crippen molar-refractivity contribution in [3.8, 4) is 11.1 Å². The molecule has 33 heavy (non-hydrogen) atoms. The lowest BCUT2D eigenvalue weighted by molar-refractivity contribution is 0.307. The van der Waals surface area contributed by atoms with Crippen LogP contribution >= 0.6 is 0 Å². The van der Waals surface area contributed by atoms with E-state index in [0.29, 0.717) is 11.8 Å². The maximum atomic E-state index is 2.62.